The van der Waals surface area contributed by atoms with Gasteiger partial charge >= 0.3 is 0 Å². The predicted octanol–water partition coefficient (Wildman–Crippen LogP) is 3.15. The Kier molecular flexibility index (Phi) is 4.46. The minimum Gasteiger partial charge on any atom is -0.306 e. The summed E-state index contributed by atoms with van der Waals surface area (Å²) in [5.74, 6) is 0.617. The summed E-state index contributed by atoms with van der Waals surface area (Å²) in [6.45, 7) is 2.34. The van der Waals surface area contributed by atoms with Gasteiger partial charge in [0.2, 0.25) is 0 Å². The molecule has 0 atom stereocenters. The lowest BCUT2D eigenvalue weighted by molar-refractivity contribution is 0.242. The molecule has 0 unspecified atom stereocenters. The van der Waals surface area contributed by atoms with Crippen molar-refractivity contribution in [1.29, 1.82) is 0 Å². The van der Waals surface area contributed by atoms with Crippen LogP contribution in [0.3, 0.4) is 0 Å². The molecule has 3 aromatic rings. The van der Waals surface area contributed by atoms with Gasteiger partial charge in [-0.15, -0.1) is 0 Å². The van der Waals surface area contributed by atoms with E-state index in [1.165, 1.54) is 5.56 Å². The zero-order valence-corrected chi connectivity index (χ0v) is 15.2. The minimum absolute atomic E-state index is 0.0456. The summed E-state index contributed by atoms with van der Waals surface area (Å²) in [7, 11) is 0. The quantitative estimate of drug-likeness (QED) is 0.738. The lowest BCUT2D eigenvalue weighted by atomic mass is 10.1. The van der Waals surface area contributed by atoms with E-state index in [-0.39, 0.29) is 5.56 Å². The monoisotopic (exact) mass is 396 g/mol. The van der Waals surface area contributed by atoms with Gasteiger partial charge in [-0.25, -0.2) is 4.98 Å². The molecule has 0 spiro atoms. The van der Waals surface area contributed by atoms with Crippen LogP contribution in [-0.4, -0.2) is 26.4 Å². The summed E-state index contributed by atoms with van der Waals surface area (Å²) in [6, 6.07) is 12.0. The Morgan fingerprint density at radius 2 is 2.04 bits per heavy atom. The van der Waals surface area contributed by atoms with Gasteiger partial charge in [-0.3, -0.25) is 14.7 Å². The van der Waals surface area contributed by atoms with Crippen molar-refractivity contribution in [3.63, 3.8) is 0 Å². The summed E-state index contributed by atoms with van der Waals surface area (Å²) in [5.41, 5.74) is 3.75. The van der Waals surface area contributed by atoms with E-state index in [4.69, 9.17) is 0 Å². The first kappa shape index (κ1) is 16.2. The van der Waals surface area contributed by atoms with Crippen LogP contribution in [0, 0.1) is 0 Å². The topological polar surface area (TPSA) is 61.9 Å². The number of aromatic nitrogens is 3. The van der Waals surface area contributed by atoms with Crippen LogP contribution in [0.15, 0.2) is 58.1 Å². The van der Waals surface area contributed by atoms with E-state index in [0.29, 0.717) is 12.4 Å². The van der Waals surface area contributed by atoms with E-state index in [1.807, 2.05) is 24.3 Å². The maximum atomic E-state index is 12.6. The van der Waals surface area contributed by atoms with Crippen LogP contribution in [-0.2, 0) is 19.5 Å². The maximum absolute atomic E-state index is 12.6. The number of nitrogens with zero attached hydrogens (tertiary/aromatic N) is 3. The van der Waals surface area contributed by atoms with Crippen LogP contribution < -0.4 is 5.56 Å². The number of pyridine rings is 1. The minimum atomic E-state index is -0.0456. The van der Waals surface area contributed by atoms with Gasteiger partial charge in [-0.05, 0) is 29.8 Å². The van der Waals surface area contributed by atoms with Gasteiger partial charge in [-0.1, -0.05) is 28.1 Å². The number of halogens is 1. The first-order chi connectivity index (χ1) is 12.2. The second-order valence-corrected chi connectivity index (χ2v) is 7.08. The fourth-order valence-electron chi connectivity index (χ4n) is 3.16. The van der Waals surface area contributed by atoms with Gasteiger partial charge in [0.15, 0.2) is 0 Å². The Morgan fingerprint density at radius 1 is 1.20 bits per heavy atom. The van der Waals surface area contributed by atoms with Crippen LogP contribution in [0.5, 0.6) is 0 Å². The zero-order chi connectivity index (χ0) is 17.2. The van der Waals surface area contributed by atoms with Gasteiger partial charge in [-0.2, -0.15) is 0 Å². The van der Waals surface area contributed by atoms with Gasteiger partial charge in [0.05, 0.1) is 11.3 Å². The molecule has 25 heavy (non-hydrogen) atoms. The zero-order valence-electron chi connectivity index (χ0n) is 13.6. The Morgan fingerprint density at radius 3 is 2.84 bits per heavy atom. The van der Waals surface area contributed by atoms with Crippen molar-refractivity contribution in [1.82, 2.24) is 19.9 Å². The summed E-state index contributed by atoms with van der Waals surface area (Å²) in [5, 5.41) is 0. The molecule has 6 heteroatoms. The summed E-state index contributed by atoms with van der Waals surface area (Å²) < 4.78 is 1.07. The van der Waals surface area contributed by atoms with E-state index in [9.17, 15) is 4.79 Å². The molecule has 1 aliphatic heterocycles. The molecule has 5 nitrogen and oxygen atoms in total. The van der Waals surface area contributed by atoms with Crippen LogP contribution >= 0.6 is 15.9 Å². The van der Waals surface area contributed by atoms with Gasteiger partial charge in [0, 0.05) is 48.5 Å². The first-order valence-corrected chi connectivity index (χ1v) is 8.97. The number of hydrogen-bond acceptors (Lipinski definition) is 4. The average molecular weight is 397 g/mol. The number of benzene rings is 1. The molecule has 1 N–H and O–H groups in total. The first-order valence-electron chi connectivity index (χ1n) is 8.18. The number of hydrogen-bond donors (Lipinski definition) is 1. The highest BCUT2D eigenvalue weighted by atomic mass is 79.9. The molecular formula is C19H17BrN4O. The highest BCUT2D eigenvalue weighted by Gasteiger charge is 2.21. The maximum Gasteiger partial charge on any atom is 0.255 e. The molecule has 0 saturated heterocycles. The Hall–Kier alpha value is -2.31. The van der Waals surface area contributed by atoms with Gasteiger partial charge < -0.3 is 4.98 Å². The van der Waals surface area contributed by atoms with E-state index >= 15 is 0 Å². The standard InChI is InChI=1S/C19H17BrN4O/c20-15-3-1-2-13(10-15)11-24-9-6-17-16(12-24)19(25)23-18(22-17)14-4-7-21-8-5-14/h1-5,7-8,10H,6,9,11-12H2,(H,22,23,25). The smallest absolute Gasteiger partial charge is 0.255 e. The molecule has 1 aromatic carbocycles. The number of H-pyrrole nitrogens is 1. The van der Waals surface area contributed by atoms with Gasteiger partial charge in [0.1, 0.15) is 5.82 Å². The molecule has 126 valence electrons. The Bertz CT molecular complexity index is 955. The lowest BCUT2D eigenvalue weighted by Crippen LogP contribution is -2.35. The van der Waals surface area contributed by atoms with Crippen molar-refractivity contribution in [2.45, 2.75) is 19.5 Å². The molecule has 3 heterocycles. The number of aromatic amines is 1. The third kappa shape index (κ3) is 3.55. The SMILES string of the molecule is O=c1[nH]c(-c2ccncc2)nc2c1CN(Cc1cccc(Br)c1)CC2. The second kappa shape index (κ2) is 6.90. The van der Waals surface area contributed by atoms with Crippen LogP contribution in [0.4, 0.5) is 0 Å². The Labute approximate surface area is 153 Å². The van der Waals surface area contributed by atoms with E-state index < -0.39 is 0 Å². The Balaban J connectivity index is 1.58. The third-order valence-electron chi connectivity index (χ3n) is 4.40. The summed E-state index contributed by atoms with van der Waals surface area (Å²) in [4.78, 5) is 26.5. The molecule has 0 bridgehead atoms. The van der Waals surface area contributed by atoms with E-state index in [2.05, 4.69) is 47.9 Å². The van der Waals surface area contributed by atoms with Crippen molar-refractivity contribution in [2.75, 3.05) is 6.54 Å². The molecule has 2 aromatic heterocycles. The van der Waals surface area contributed by atoms with Crippen molar-refractivity contribution >= 4 is 15.9 Å². The van der Waals surface area contributed by atoms with Crippen LogP contribution in [0.1, 0.15) is 16.8 Å². The molecule has 0 aliphatic carbocycles. The lowest BCUT2D eigenvalue weighted by Gasteiger charge is -2.27. The van der Waals surface area contributed by atoms with E-state index in [0.717, 1.165) is 40.8 Å². The highest BCUT2D eigenvalue weighted by Crippen LogP contribution is 2.20. The number of nitrogens with one attached hydrogen (secondary N) is 1. The predicted molar refractivity (Wildman–Crippen MR) is 100 cm³/mol. The van der Waals surface area contributed by atoms with Crippen LogP contribution in [0.25, 0.3) is 11.4 Å². The molecule has 0 amide bonds. The van der Waals surface area contributed by atoms with E-state index in [1.54, 1.807) is 12.4 Å². The molecule has 1 aliphatic rings. The van der Waals surface area contributed by atoms with Crippen molar-refractivity contribution < 1.29 is 0 Å². The van der Waals surface area contributed by atoms with Crippen LogP contribution in [0.2, 0.25) is 0 Å². The number of rotatable bonds is 3. The fraction of sp³-hybridized carbons (Fsp3) is 0.211. The fourth-order valence-corrected chi connectivity index (χ4v) is 3.60. The highest BCUT2D eigenvalue weighted by molar-refractivity contribution is 9.10. The molecule has 0 saturated carbocycles. The molecule has 4 rings (SSSR count). The normalized spacial score (nSPS) is 14.3. The average Bonchev–Trinajstić information content (AvgIpc) is 2.63. The second-order valence-electron chi connectivity index (χ2n) is 6.17. The number of fused-ring (bicyclic) bond motifs is 1. The summed E-state index contributed by atoms with van der Waals surface area (Å²) in [6.07, 6.45) is 4.19. The largest absolute Gasteiger partial charge is 0.306 e. The van der Waals surface area contributed by atoms with Crippen molar-refractivity contribution in [3.05, 3.63) is 80.4 Å². The van der Waals surface area contributed by atoms with Crippen molar-refractivity contribution in [2.24, 2.45) is 0 Å². The van der Waals surface area contributed by atoms with Gasteiger partial charge in [0.25, 0.3) is 5.56 Å². The third-order valence-corrected chi connectivity index (χ3v) is 4.89. The molecule has 0 fully saturated rings. The molecule has 0 radical (unpaired) electrons. The van der Waals surface area contributed by atoms with Crippen molar-refractivity contribution in [3.8, 4) is 11.4 Å². The molecular weight excluding hydrogens is 380 g/mol. The summed E-state index contributed by atoms with van der Waals surface area (Å²) >= 11 is 3.51.